The number of ether oxygens (including phenoxy) is 1. The van der Waals surface area contributed by atoms with Gasteiger partial charge in [0.2, 0.25) is 0 Å². The summed E-state index contributed by atoms with van der Waals surface area (Å²) in [7, 11) is 0. The van der Waals surface area contributed by atoms with E-state index in [1.165, 1.54) is 0 Å². The van der Waals surface area contributed by atoms with E-state index in [-0.39, 0.29) is 11.7 Å². The van der Waals surface area contributed by atoms with Crippen LogP contribution in [0.4, 0.5) is 0 Å². The van der Waals surface area contributed by atoms with Crippen molar-refractivity contribution in [2.24, 2.45) is 5.10 Å². The smallest absolute Gasteiger partial charge is 0.271 e. The first-order valence-electron chi connectivity index (χ1n) is 10.9. The third-order valence-electron chi connectivity index (χ3n) is 5.49. The number of para-hydroxylation sites is 1. The Morgan fingerprint density at radius 1 is 1.09 bits per heavy atom. The maximum Gasteiger partial charge on any atom is 0.271 e. The second-order valence-electron chi connectivity index (χ2n) is 7.67. The summed E-state index contributed by atoms with van der Waals surface area (Å²) in [4.78, 5) is 20.4. The molecule has 7 nitrogen and oxygen atoms in total. The van der Waals surface area contributed by atoms with E-state index in [2.05, 4.69) is 20.5 Å². The molecule has 0 saturated heterocycles. The van der Waals surface area contributed by atoms with Crippen LogP contribution >= 0.6 is 0 Å². The van der Waals surface area contributed by atoms with Crippen LogP contribution in [0.25, 0.3) is 33.2 Å². The van der Waals surface area contributed by atoms with Gasteiger partial charge in [0, 0.05) is 11.1 Å². The molecule has 1 heterocycles. The number of imidazole rings is 1. The summed E-state index contributed by atoms with van der Waals surface area (Å²) in [6, 6.07) is 24.0. The number of fused-ring (bicyclic) bond motifs is 2. The van der Waals surface area contributed by atoms with Crippen molar-refractivity contribution in [3.63, 3.8) is 0 Å². The highest BCUT2D eigenvalue weighted by atomic mass is 16.5. The number of aromatic hydroxyl groups is 1. The highest BCUT2D eigenvalue weighted by molar-refractivity contribution is 6.03. The molecule has 0 spiro atoms. The van der Waals surface area contributed by atoms with Crippen molar-refractivity contribution in [3.05, 3.63) is 90.0 Å². The molecular formula is C27H22N4O3. The fraction of sp³-hybridized carbons (Fsp3) is 0.0741. The Hall–Kier alpha value is -4.65. The van der Waals surface area contributed by atoms with Gasteiger partial charge in [0.05, 0.1) is 29.4 Å². The Bertz CT molecular complexity index is 1540. The molecule has 0 bridgehead atoms. The third kappa shape index (κ3) is 4.06. The number of hydrogen-bond acceptors (Lipinski definition) is 5. The molecule has 168 valence electrons. The fourth-order valence-corrected chi connectivity index (χ4v) is 3.86. The van der Waals surface area contributed by atoms with Crippen molar-refractivity contribution in [1.29, 1.82) is 0 Å². The number of nitrogens with zero attached hydrogens (tertiary/aromatic N) is 2. The first kappa shape index (κ1) is 21.2. The fourth-order valence-electron chi connectivity index (χ4n) is 3.86. The molecule has 0 unspecified atom stereocenters. The van der Waals surface area contributed by atoms with Crippen LogP contribution in [-0.4, -0.2) is 33.8 Å². The zero-order valence-corrected chi connectivity index (χ0v) is 18.4. The number of carbonyl (C=O) groups is 1. The van der Waals surface area contributed by atoms with Crippen molar-refractivity contribution in [3.8, 4) is 22.9 Å². The standard InChI is InChI=1S/C27H22N4O3/c1-2-34-25-14-12-17-7-3-4-8-19(17)21(25)16-28-31-27(33)18-11-13-22-23(15-18)30-26(29-22)20-9-5-6-10-24(20)32/h3-16,32H,2H2,1H3,(H,29,30)(H,31,33)/b28-16+. The summed E-state index contributed by atoms with van der Waals surface area (Å²) in [5.74, 6) is 1.02. The average molecular weight is 450 g/mol. The molecule has 4 aromatic carbocycles. The van der Waals surface area contributed by atoms with E-state index in [0.717, 1.165) is 16.3 Å². The summed E-state index contributed by atoms with van der Waals surface area (Å²) in [6.07, 6.45) is 1.61. The molecule has 5 rings (SSSR count). The number of amides is 1. The Labute approximate surface area is 195 Å². The summed E-state index contributed by atoms with van der Waals surface area (Å²) in [5.41, 5.74) is 5.79. The van der Waals surface area contributed by atoms with Crippen LogP contribution in [-0.2, 0) is 0 Å². The van der Waals surface area contributed by atoms with Gasteiger partial charge in [-0.05, 0) is 54.1 Å². The van der Waals surface area contributed by atoms with Gasteiger partial charge in [0.15, 0.2) is 0 Å². The van der Waals surface area contributed by atoms with E-state index in [1.54, 1.807) is 42.6 Å². The van der Waals surface area contributed by atoms with Gasteiger partial charge in [0.25, 0.3) is 5.91 Å². The van der Waals surface area contributed by atoms with Crippen LogP contribution in [0, 0.1) is 0 Å². The number of phenolic OH excluding ortho intramolecular Hbond substituents is 1. The topological polar surface area (TPSA) is 99.6 Å². The summed E-state index contributed by atoms with van der Waals surface area (Å²) >= 11 is 0. The van der Waals surface area contributed by atoms with Crippen molar-refractivity contribution >= 4 is 33.9 Å². The van der Waals surface area contributed by atoms with Crippen LogP contribution in [0.2, 0.25) is 0 Å². The summed E-state index contributed by atoms with van der Waals surface area (Å²) in [6.45, 7) is 2.45. The molecule has 34 heavy (non-hydrogen) atoms. The van der Waals surface area contributed by atoms with Gasteiger partial charge in [0.1, 0.15) is 17.3 Å². The number of benzene rings is 4. The number of aromatic amines is 1. The SMILES string of the molecule is CCOc1ccc2ccccc2c1/C=N/NC(=O)c1ccc2nc(-c3ccccc3O)[nH]c2c1. The maximum atomic E-state index is 12.8. The largest absolute Gasteiger partial charge is 0.507 e. The van der Waals surface area contributed by atoms with Gasteiger partial charge in [-0.25, -0.2) is 10.4 Å². The first-order chi connectivity index (χ1) is 16.6. The van der Waals surface area contributed by atoms with Crippen LogP contribution in [0.15, 0.2) is 84.0 Å². The van der Waals surface area contributed by atoms with E-state index >= 15 is 0 Å². The van der Waals surface area contributed by atoms with E-state index < -0.39 is 0 Å². The van der Waals surface area contributed by atoms with E-state index in [9.17, 15) is 9.90 Å². The lowest BCUT2D eigenvalue weighted by molar-refractivity contribution is 0.0955. The predicted octanol–water partition coefficient (Wildman–Crippen LogP) is 5.25. The third-order valence-corrected chi connectivity index (χ3v) is 5.49. The summed E-state index contributed by atoms with van der Waals surface area (Å²) in [5, 5.41) is 16.3. The Morgan fingerprint density at radius 2 is 1.91 bits per heavy atom. The minimum atomic E-state index is -0.352. The van der Waals surface area contributed by atoms with Crippen LogP contribution in [0.1, 0.15) is 22.8 Å². The number of H-pyrrole nitrogens is 1. The summed E-state index contributed by atoms with van der Waals surface area (Å²) < 4.78 is 5.75. The van der Waals surface area contributed by atoms with Gasteiger partial charge < -0.3 is 14.8 Å². The minimum absolute atomic E-state index is 0.133. The molecule has 0 aliphatic carbocycles. The van der Waals surface area contributed by atoms with Crippen LogP contribution < -0.4 is 10.2 Å². The monoisotopic (exact) mass is 450 g/mol. The van der Waals surface area contributed by atoms with Crippen molar-refractivity contribution in [1.82, 2.24) is 15.4 Å². The number of rotatable bonds is 6. The molecule has 0 radical (unpaired) electrons. The van der Waals surface area contributed by atoms with Crippen molar-refractivity contribution < 1.29 is 14.6 Å². The number of hydrogen-bond donors (Lipinski definition) is 3. The van der Waals surface area contributed by atoms with Crippen LogP contribution in [0.3, 0.4) is 0 Å². The number of phenols is 1. The van der Waals surface area contributed by atoms with Gasteiger partial charge in [-0.1, -0.05) is 42.5 Å². The molecule has 0 atom stereocenters. The number of nitrogens with one attached hydrogen (secondary N) is 2. The van der Waals surface area contributed by atoms with Crippen LogP contribution in [0.5, 0.6) is 11.5 Å². The molecule has 0 aliphatic heterocycles. The van der Waals surface area contributed by atoms with Gasteiger partial charge >= 0.3 is 0 Å². The van der Waals surface area contributed by atoms with Gasteiger partial charge in [-0.15, -0.1) is 0 Å². The molecule has 1 aromatic heterocycles. The molecule has 5 aromatic rings. The highest BCUT2D eigenvalue weighted by Gasteiger charge is 2.12. The minimum Gasteiger partial charge on any atom is -0.507 e. The molecule has 0 aliphatic rings. The zero-order chi connectivity index (χ0) is 23.5. The number of aromatic nitrogens is 2. The molecule has 7 heteroatoms. The van der Waals surface area contributed by atoms with Gasteiger partial charge in [-0.3, -0.25) is 4.79 Å². The molecule has 1 amide bonds. The average Bonchev–Trinajstić information content (AvgIpc) is 3.28. The van der Waals surface area contributed by atoms with Gasteiger partial charge in [-0.2, -0.15) is 5.10 Å². The van der Waals surface area contributed by atoms with Crippen molar-refractivity contribution in [2.45, 2.75) is 6.92 Å². The predicted molar refractivity (Wildman–Crippen MR) is 133 cm³/mol. The maximum absolute atomic E-state index is 12.8. The molecule has 0 fully saturated rings. The highest BCUT2D eigenvalue weighted by Crippen LogP contribution is 2.29. The Kier molecular flexibility index (Phi) is 5.66. The Morgan fingerprint density at radius 3 is 2.76 bits per heavy atom. The molecule has 0 saturated carbocycles. The second-order valence-corrected chi connectivity index (χ2v) is 7.67. The quantitative estimate of drug-likeness (QED) is 0.243. The number of hydrazone groups is 1. The number of carbonyl (C=O) groups excluding carboxylic acids is 1. The van der Waals surface area contributed by atoms with Crippen molar-refractivity contribution in [2.75, 3.05) is 6.61 Å². The van der Waals surface area contributed by atoms with E-state index in [0.29, 0.717) is 40.3 Å². The lowest BCUT2D eigenvalue weighted by atomic mass is 10.0. The lowest BCUT2D eigenvalue weighted by Gasteiger charge is -2.10. The van der Waals surface area contributed by atoms with E-state index in [1.807, 2.05) is 49.4 Å². The van der Waals surface area contributed by atoms with E-state index in [4.69, 9.17) is 4.74 Å². The first-order valence-corrected chi connectivity index (χ1v) is 10.9. The molecule has 3 N–H and O–H groups in total. The Balaban J connectivity index is 1.39. The molecular weight excluding hydrogens is 428 g/mol. The second kappa shape index (κ2) is 9.07. The normalized spacial score (nSPS) is 11.3. The lowest BCUT2D eigenvalue weighted by Crippen LogP contribution is -2.17. The zero-order valence-electron chi connectivity index (χ0n) is 18.4.